The Morgan fingerprint density at radius 1 is 1.38 bits per heavy atom. The van der Waals surface area contributed by atoms with E-state index < -0.39 is 0 Å². The van der Waals surface area contributed by atoms with E-state index in [-0.39, 0.29) is 18.4 Å². The molecule has 0 heterocycles. The molecule has 0 saturated heterocycles. The van der Waals surface area contributed by atoms with Crippen LogP contribution in [0.3, 0.4) is 0 Å². The number of nitrogens with two attached hydrogens (primary N) is 1. The maximum absolute atomic E-state index is 11.6. The van der Waals surface area contributed by atoms with Crippen molar-refractivity contribution in [2.45, 2.75) is 6.92 Å². The second-order valence-corrected chi connectivity index (χ2v) is 3.43. The van der Waals surface area contributed by atoms with Crippen LogP contribution < -0.4 is 16.4 Å². The van der Waals surface area contributed by atoms with Crippen LogP contribution in [0.2, 0.25) is 0 Å². The van der Waals surface area contributed by atoms with Gasteiger partial charge in [0.15, 0.2) is 0 Å². The quantitative estimate of drug-likeness (QED) is 0.631. The van der Waals surface area contributed by atoms with Crippen LogP contribution in [0.1, 0.15) is 15.9 Å². The zero-order chi connectivity index (χ0) is 12.1. The summed E-state index contributed by atoms with van der Waals surface area (Å²) < 4.78 is 0. The zero-order valence-corrected chi connectivity index (χ0v) is 9.33. The Bertz CT molecular complexity index is 416. The summed E-state index contributed by atoms with van der Waals surface area (Å²) in [6.45, 7) is 1.80. The predicted molar refractivity (Wildman–Crippen MR) is 62.0 cm³/mol. The van der Waals surface area contributed by atoms with E-state index in [2.05, 4.69) is 10.6 Å². The zero-order valence-electron chi connectivity index (χ0n) is 9.33. The van der Waals surface area contributed by atoms with Gasteiger partial charge in [0.25, 0.3) is 5.91 Å². The summed E-state index contributed by atoms with van der Waals surface area (Å²) in [6, 6.07) is 4.99. The first-order valence-electron chi connectivity index (χ1n) is 4.89. The van der Waals surface area contributed by atoms with E-state index in [4.69, 9.17) is 5.73 Å². The van der Waals surface area contributed by atoms with Crippen LogP contribution in [0.25, 0.3) is 0 Å². The number of rotatable bonds is 3. The number of nitrogens with one attached hydrogen (secondary N) is 2. The van der Waals surface area contributed by atoms with Crippen LogP contribution in [-0.4, -0.2) is 25.4 Å². The Hall–Kier alpha value is -2.04. The Morgan fingerprint density at radius 2 is 2.06 bits per heavy atom. The van der Waals surface area contributed by atoms with Gasteiger partial charge in [-0.2, -0.15) is 0 Å². The highest BCUT2D eigenvalue weighted by Gasteiger charge is 2.07. The number of aryl methyl sites for hydroxylation is 1. The second kappa shape index (κ2) is 5.16. The van der Waals surface area contributed by atoms with Gasteiger partial charge in [0.2, 0.25) is 5.91 Å². The maximum Gasteiger partial charge on any atom is 0.251 e. The van der Waals surface area contributed by atoms with Gasteiger partial charge in [0.1, 0.15) is 0 Å². The van der Waals surface area contributed by atoms with Crippen LogP contribution in [-0.2, 0) is 4.79 Å². The van der Waals surface area contributed by atoms with E-state index >= 15 is 0 Å². The van der Waals surface area contributed by atoms with E-state index in [1.165, 1.54) is 7.05 Å². The third kappa shape index (κ3) is 2.98. The number of nitrogen functional groups attached to an aromatic ring is 1. The van der Waals surface area contributed by atoms with E-state index in [9.17, 15) is 9.59 Å². The van der Waals surface area contributed by atoms with Crippen LogP contribution in [0, 0.1) is 6.92 Å². The SMILES string of the molecule is CNC(=O)CNC(=O)c1ccc(N)c(C)c1. The van der Waals surface area contributed by atoms with Crippen molar-refractivity contribution in [2.75, 3.05) is 19.3 Å². The minimum Gasteiger partial charge on any atom is -0.399 e. The first-order chi connectivity index (χ1) is 7.54. The molecule has 5 nitrogen and oxygen atoms in total. The van der Waals surface area contributed by atoms with Crippen molar-refractivity contribution in [2.24, 2.45) is 0 Å². The lowest BCUT2D eigenvalue weighted by Gasteiger charge is -2.06. The lowest BCUT2D eigenvalue weighted by atomic mass is 10.1. The molecule has 2 amide bonds. The molecule has 0 aliphatic heterocycles. The molecule has 1 rings (SSSR count). The minimum atomic E-state index is -0.285. The van der Waals surface area contributed by atoms with Gasteiger partial charge in [0, 0.05) is 18.3 Å². The molecule has 1 aromatic carbocycles. The van der Waals surface area contributed by atoms with Gasteiger partial charge in [-0.25, -0.2) is 0 Å². The third-order valence-corrected chi connectivity index (χ3v) is 2.22. The van der Waals surface area contributed by atoms with E-state index in [1.807, 2.05) is 6.92 Å². The number of amides is 2. The number of hydrogen-bond donors (Lipinski definition) is 3. The van der Waals surface area contributed by atoms with Crippen LogP contribution >= 0.6 is 0 Å². The molecule has 0 aliphatic carbocycles. The number of likely N-dealkylation sites (N-methyl/N-ethyl adjacent to an activating group) is 1. The first-order valence-corrected chi connectivity index (χ1v) is 4.89. The molecule has 4 N–H and O–H groups in total. The molecular formula is C11H15N3O2. The molecule has 1 aromatic rings. The molecule has 16 heavy (non-hydrogen) atoms. The smallest absolute Gasteiger partial charge is 0.251 e. The summed E-state index contributed by atoms with van der Waals surface area (Å²) in [6.07, 6.45) is 0. The molecule has 0 radical (unpaired) electrons. The monoisotopic (exact) mass is 221 g/mol. The molecule has 0 unspecified atom stereocenters. The Kier molecular flexibility index (Phi) is 3.88. The van der Waals surface area contributed by atoms with Gasteiger partial charge in [-0.1, -0.05) is 0 Å². The largest absolute Gasteiger partial charge is 0.399 e. The molecule has 0 saturated carbocycles. The molecule has 86 valence electrons. The number of hydrogen-bond acceptors (Lipinski definition) is 3. The fraction of sp³-hybridized carbons (Fsp3) is 0.273. The summed E-state index contributed by atoms with van der Waals surface area (Å²) in [4.78, 5) is 22.5. The lowest BCUT2D eigenvalue weighted by molar-refractivity contribution is -0.119. The molecule has 5 heteroatoms. The van der Waals surface area contributed by atoms with Crippen molar-refractivity contribution in [1.82, 2.24) is 10.6 Å². The summed E-state index contributed by atoms with van der Waals surface area (Å²) in [7, 11) is 1.52. The number of anilines is 1. The average Bonchev–Trinajstić information content (AvgIpc) is 2.29. The van der Waals surface area contributed by atoms with Gasteiger partial charge >= 0.3 is 0 Å². The Morgan fingerprint density at radius 3 is 2.62 bits per heavy atom. The molecule has 0 bridgehead atoms. The Labute approximate surface area is 94.0 Å². The maximum atomic E-state index is 11.6. The van der Waals surface area contributed by atoms with E-state index in [0.717, 1.165) is 5.56 Å². The van der Waals surface area contributed by atoms with Crippen molar-refractivity contribution < 1.29 is 9.59 Å². The van der Waals surface area contributed by atoms with E-state index in [1.54, 1.807) is 18.2 Å². The summed E-state index contributed by atoms with van der Waals surface area (Å²) in [5, 5.41) is 4.92. The molecular weight excluding hydrogens is 206 g/mol. The van der Waals surface area contributed by atoms with Crippen LogP contribution in [0.5, 0.6) is 0 Å². The fourth-order valence-electron chi connectivity index (χ4n) is 1.17. The highest BCUT2D eigenvalue weighted by Crippen LogP contribution is 2.12. The topological polar surface area (TPSA) is 84.2 Å². The normalized spacial score (nSPS) is 9.62. The summed E-state index contributed by atoms with van der Waals surface area (Å²) in [5.41, 5.74) is 7.61. The van der Waals surface area contributed by atoms with Gasteiger partial charge in [-0.15, -0.1) is 0 Å². The van der Waals surface area contributed by atoms with Gasteiger partial charge in [-0.3, -0.25) is 9.59 Å². The second-order valence-electron chi connectivity index (χ2n) is 3.43. The van der Waals surface area contributed by atoms with Gasteiger partial charge in [0.05, 0.1) is 6.54 Å². The third-order valence-electron chi connectivity index (χ3n) is 2.22. The van der Waals surface area contributed by atoms with Crippen LogP contribution in [0.4, 0.5) is 5.69 Å². The fourth-order valence-corrected chi connectivity index (χ4v) is 1.17. The van der Waals surface area contributed by atoms with Crippen LogP contribution in [0.15, 0.2) is 18.2 Å². The summed E-state index contributed by atoms with van der Waals surface area (Å²) >= 11 is 0. The van der Waals surface area contributed by atoms with Crippen molar-refractivity contribution in [3.8, 4) is 0 Å². The van der Waals surface area contributed by atoms with Crippen molar-refractivity contribution in [3.05, 3.63) is 29.3 Å². The summed E-state index contributed by atoms with van der Waals surface area (Å²) in [5.74, 6) is -0.521. The minimum absolute atomic E-state index is 0.0290. The first kappa shape index (κ1) is 12.0. The van der Waals surface area contributed by atoms with E-state index in [0.29, 0.717) is 11.3 Å². The average molecular weight is 221 g/mol. The standard InChI is InChI=1S/C11H15N3O2/c1-7-5-8(3-4-9(7)12)11(16)14-6-10(15)13-2/h3-5H,6,12H2,1-2H3,(H,13,15)(H,14,16). The molecule has 0 spiro atoms. The van der Waals surface area contributed by atoms with Crippen molar-refractivity contribution >= 4 is 17.5 Å². The van der Waals surface area contributed by atoms with Crippen molar-refractivity contribution in [1.29, 1.82) is 0 Å². The predicted octanol–water partition coefficient (Wildman–Crippen LogP) is 0.0530. The number of benzene rings is 1. The van der Waals surface area contributed by atoms with Gasteiger partial charge in [-0.05, 0) is 30.7 Å². The Balaban J connectivity index is 2.66. The molecule has 0 atom stereocenters. The highest BCUT2D eigenvalue weighted by atomic mass is 16.2. The van der Waals surface area contributed by atoms with Crippen molar-refractivity contribution in [3.63, 3.8) is 0 Å². The molecule has 0 aromatic heterocycles. The number of carbonyl (C=O) groups excluding carboxylic acids is 2. The molecule has 0 aliphatic rings. The molecule has 0 fully saturated rings. The number of carbonyl (C=O) groups is 2. The highest BCUT2D eigenvalue weighted by molar-refractivity contribution is 5.96. The lowest BCUT2D eigenvalue weighted by Crippen LogP contribution is -2.35. The van der Waals surface area contributed by atoms with Gasteiger partial charge < -0.3 is 16.4 Å².